The van der Waals surface area contributed by atoms with Crippen LogP contribution in [0.5, 0.6) is 0 Å². The lowest BCUT2D eigenvalue weighted by Gasteiger charge is -2.15. The van der Waals surface area contributed by atoms with Gasteiger partial charge in [-0.05, 0) is 51.0 Å². The normalized spacial score (nSPS) is 13.0. The minimum absolute atomic E-state index is 0.157. The molecular weight excluding hydrogens is 354 g/mol. The molecule has 2 aromatic heterocycles. The van der Waals surface area contributed by atoms with Gasteiger partial charge in [0.1, 0.15) is 0 Å². The molecule has 0 saturated carbocycles. The summed E-state index contributed by atoms with van der Waals surface area (Å²) in [5.74, 6) is 0. The average Bonchev–Trinajstić information content (AvgIpc) is 2.77. The molecule has 0 bridgehead atoms. The predicted molar refractivity (Wildman–Crippen MR) is 73.8 cm³/mol. The van der Waals surface area contributed by atoms with E-state index in [4.69, 9.17) is 0 Å². The maximum atomic E-state index is 4.20. The van der Waals surface area contributed by atoms with Crippen LogP contribution in [0.25, 0.3) is 0 Å². The maximum Gasteiger partial charge on any atom is 0.0765 e. The quantitative estimate of drug-likeness (QED) is 0.905. The van der Waals surface area contributed by atoms with E-state index in [-0.39, 0.29) is 6.04 Å². The van der Waals surface area contributed by atoms with Gasteiger partial charge in [0.25, 0.3) is 0 Å². The molecule has 2 aromatic rings. The zero-order valence-electron chi connectivity index (χ0n) is 8.87. The monoisotopic (exact) mass is 363 g/mol. The summed E-state index contributed by atoms with van der Waals surface area (Å²) < 4.78 is 4.15. The Morgan fingerprint density at radius 3 is 2.69 bits per heavy atom. The van der Waals surface area contributed by atoms with Crippen molar-refractivity contribution in [3.05, 3.63) is 37.2 Å². The molecule has 0 fully saturated rings. The molecule has 0 aromatic carbocycles. The van der Waals surface area contributed by atoms with Crippen LogP contribution in [0.15, 0.2) is 25.9 Å². The first-order chi connectivity index (χ1) is 7.63. The molecule has 1 N–H and O–H groups in total. The number of aryl methyl sites for hydroxylation is 1. The zero-order chi connectivity index (χ0) is 11.7. The van der Waals surface area contributed by atoms with Crippen LogP contribution in [0.2, 0.25) is 0 Å². The van der Waals surface area contributed by atoms with Crippen LogP contribution in [0.3, 0.4) is 0 Å². The van der Waals surface area contributed by atoms with E-state index in [0.717, 1.165) is 13.3 Å². The molecule has 0 amide bonds. The molecule has 2 rings (SSSR count). The second kappa shape index (κ2) is 5.00. The maximum absolute atomic E-state index is 4.20. The number of halogens is 2. The first-order valence-corrected chi connectivity index (χ1v) is 7.13. The molecule has 6 heteroatoms. The third-order valence-electron chi connectivity index (χ3n) is 2.44. The fourth-order valence-electron chi connectivity index (χ4n) is 1.68. The number of rotatable bonds is 3. The van der Waals surface area contributed by atoms with E-state index in [1.165, 1.54) is 5.56 Å². The van der Waals surface area contributed by atoms with Crippen LogP contribution < -0.4 is 5.32 Å². The fourth-order valence-corrected chi connectivity index (χ4v) is 4.58. The number of hydrogen-bond donors (Lipinski definition) is 1. The van der Waals surface area contributed by atoms with Gasteiger partial charge in [-0.25, -0.2) is 0 Å². The van der Waals surface area contributed by atoms with Crippen molar-refractivity contribution in [2.75, 3.05) is 7.05 Å². The van der Waals surface area contributed by atoms with E-state index in [2.05, 4.69) is 48.3 Å². The van der Waals surface area contributed by atoms with Gasteiger partial charge in [0, 0.05) is 18.8 Å². The summed E-state index contributed by atoms with van der Waals surface area (Å²) in [6.07, 6.45) is 1.81. The standard InChI is InChI=1S/C10H11Br2N3S/c1-13-9(7-3-4-14-15(7)2)6-5-8(11)16-10(6)12/h3-5,9,13H,1-2H3. The van der Waals surface area contributed by atoms with E-state index in [1.807, 2.05) is 31.0 Å². The summed E-state index contributed by atoms with van der Waals surface area (Å²) in [7, 11) is 3.91. The van der Waals surface area contributed by atoms with Crippen molar-refractivity contribution in [2.45, 2.75) is 6.04 Å². The summed E-state index contributed by atoms with van der Waals surface area (Å²) in [6.45, 7) is 0. The molecule has 3 nitrogen and oxygen atoms in total. The molecule has 16 heavy (non-hydrogen) atoms. The topological polar surface area (TPSA) is 29.9 Å². The number of nitrogens with one attached hydrogen (secondary N) is 1. The molecular formula is C10H11Br2N3S. The third kappa shape index (κ3) is 2.25. The van der Waals surface area contributed by atoms with Crippen molar-refractivity contribution in [1.82, 2.24) is 15.1 Å². The first kappa shape index (κ1) is 12.3. The number of aromatic nitrogens is 2. The van der Waals surface area contributed by atoms with Gasteiger partial charge in [-0.15, -0.1) is 11.3 Å². The van der Waals surface area contributed by atoms with E-state index in [9.17, 15) is 0 Å². The zero-order valence-corrected chi connectivity index (χ0v) is 12.9. The molecule has 0 saturated heterocycles. The van der Waals surface area contributed by atoms with Crippen molar-refractivity contribution in [2.24, 2.45) is 7.05 Å². The Morgan fingerprint density at radius 2 is 2.25 bits per heavy atom. The van der Waals surface area contributed by atoms with Crippen molar-refractivity contribution in [3.8, 4) is 0 Å². The Balaban J connectivity index is 2.44. The molecule has 0 aliphatic heterocycles. The SMILES string of the molecule is CNC(c1cc(Br)sc1Br)c1ccnn1C. The summed E-state index contributed by atoms with van der Waals surface area (Å²) in [4.78, 5) is 0. The van der Waals surface area contributed by atoms with Crippen molar-refractivity contribution < 1.29 is 0 Å². The average molecular weight is 365 g/mol. The Morgan fingerprint density at radius 1 is 1.50 bits per heavy atom. The Labute approximate surface area is 115 Å². The third-order valence-corrected chi connectivity index (χ3v) is 4.82. The van der Waals surface area contributed by atoms with Gasteiger partial charge in [-0.1, -0.05) is 0 Å². The number of nitrogens with zero attached hydrogens (tertiary/aromatic N) is 2. The van der Waals surface area contributed by atoms with Crippen molar-refractivity contribution in [1.29, 1.82) is 0 Å². The molecule has 0 spiro atoms. The lowest BCUT2D eigenvalue weighted by atomic mass is 10.1. The Hall–Kier alpha value is -0.170. The van der Waals surface area contributed by atoms with E-state index < -0.39 is 0 Å². The van der Waals surface area contributed by atoms with Crippen molar-refractivity contribution in [3.63, 3.8) is 0 Å². The van der Waals surface area contributed by atoms with Gasteiger partial charge < -0.3 is 5.32 Å². The van der Waals surface area contributed by atoms with Gasteiger partial charge >= 0.3 is 0 Å². The number of thiophene rings is 1. The van der Waals surface area contributed by atoms with Crippen LogP contribution in [-0.2, 0) is 7.05 Å². The molecule has 0 aliphatic carbocycles. The highest BCUT2D eigenvalue weighted by Gasteiger charge is 2.19. The first-order valence-electron chi connectivity index (χ1n) is 4.73. The second-order valence-electron chi connectivity index (χ2n) is 3.38. The Bertz CT molecular complexity index is 492. The Kier molecular flexibility index (Phi) is 3.84. The lowest BCUT2D eigenvalue weighted by molar-refractivity contribution is 0.606. The van der Waals surface area contributed by atoms with E-state index in [1.54, 1.807) is 11.3 Å². The molecule has 86 valence electrons. The summed E-state index contributed by atoms with van der Waals surface area (Å²) in [5, 5.41) is 7.51. The molecule has 0 aliphatic rings. The van der Waals surface area contributed by atoms with E-state index in [0.29, 0.717) is 0 Å². The largest absolute Gasteiger partial charge is 0.308 e. The van der Waals surface area contributed by atoms with Crippen LogP contribution in [0, 0.1) is 0 Å². The van der Waals surface area contributed by atoms with Gasteiger partial charge in [0.05, 0.1) is 19.3 Å². The summed E-state index contributed by atoms with van der Waals surface area (Å²) in [5.41, 5.74) is 2.37. The molecule has 1 atom stereocenters. The van der Waals surface area contributed by atoms with Gasteiger partial charge in [-0.2, -0.15) is 5.10 Å². The van der Waals surface area contributed by atoms with E-state index >= 15 is 0 Å². The smallest absolute Gasteiger partial charge is 0.0765 e. The van der Waals surface area contributed by atoms with Crippen LogP contribution in [0.4, 0.5) is 0 Å². The van der Waals surface area contributed by atoms with Gasteiger partial charge in [-0.3, -0.25) is 4.68 Å². The van der Waals surface area contributed by atoms with Crippen LogP contribution in [-0.4, -0.2) is 16.8 Å². The van der Waals surface area contributed by atoms with Gasteiger partial charge in [0.2, 0.25) is 0 Å². The predicted octanol–water partition coefficient (Wildman–Crippen LogP) is 3.32. The minimum atomic E-state index is 0.157. The molecule has 2 heterocycles. The molecule has 0 radical (unpaired) electrons. The molecule has 1 unspecified atom stereocenters. The van der Waals surface area contributed by atoms with Crippen LogP contribution in [0.1, 0.15) is 17.3 Å². The fraction of sp³-hybridized carbons (Fsp3) is 0.300. The van der Waals surface area contributed by atoms with Crippen molar-refractivity contribution >= 4 is 43.2 Å². The second-order valence-corrected chi connectivity index (χ2v) is 7.13. The summed E-state index contributed by atoms with van der Waals surface area (Å²) >= 11 is 8.77. The van der Waals surface area contributed by atoms with Crippen LogP contribution >= 0.6 is 43.2 Å². The highest BCUT2D eigenvalue weighted by molar-refractivity contribution is 9.12. The lowest BCUT2D eigenvalue weighted by Crippen LogP contribution is -2.20. The minimum Gasteiger partial charge on any atom is -0.308 e. The number of hydrogen-bond acceptors (Lipinski definition) is 3. The highest BCUT2D eigenvalue weighted by atomic mass is 79.9. The summed E-state index contributed by atoms with van der Waals surface area (Å²) in [6, 6.07) is 4.31. The van der Waals surface area contributed by atoms with Gasteiger partial charge in [0.15, 0.2) is 0 Å². The highest BCUT2D eigenvalue weighted by Crippen LogP contribution is 2.37.